The fraction of sp³-hybridized carbons (Fsp3) is 1.00. The molecule has 0 unspecified atom stereocenters. The third-order valence-electron chi connectivity index (χ3n) is 2.51. The van der Waals surface area contributed by atoms with Gasteiger partial charge in [0.2, 0.25) is 5.79 Å². The highest BCUT2D eigenvalue weighted by Crippen LogP contribution is 2.37. The summed E-state index contributed by atoms with van der Waals surface area (Å²) in [6.07, 6.45) is -7.14. The molecule has 1 fully saturated rings. The number of phosphoric acid groups is 1. The monoisotopic (exact) mass is 290 g/mol. The van der Waals surface area contributed by atoms with Crippen molar-refractivity contribution in [1.82, 2.24) is 0 Å². The maximum atomic E-state index is 10.5. The van der Waals surface area contributed by atoms with Crippen LogP contribution in [0.25, 0.3) is 0 Å². The molecule has 5 atom stereocenters. The van der Waals surface area contributed by atoms with Crippen LogP contribution in [0.1, 0.15) is 0 Å². The van der Waals surface area contributed by atoms with E-state index < -0.39 is 51.2 Å². The SMILES string of the molecule is O=P(O)(O)OC[C@H]1O[C@](O)(CO)[C@@H](O)[C@H](O)[C@@H]1O. The van der Waals surface area contributed by atoms with E-state index in [4.69, 9.17) is 19.6 Å². The van der Waals surface area contributed by atoms with E-state index in [1.165, 1.54) is 0 Å². The molecule has 0 amide bonds. The van der Waals surface area contributed by atoms with Crippen molar-refractivity contribution in [3.05, 3.63) is 0 Å². The Morgan fingerprint density at radius 3 is 2.22 bits per heavy atom. The van der Waals surface area contributed by atoms with Gasteiger partial charge in [0.1, 0.15) is 24.4 Å². The standard InChI is InChI=1S/C7H15O10P/c8-2-7(12)6(11)5(10)4(9)3(17-7)1-16-18(13,14)15/h3-6,8-12H,1-2H2,(H2,13,14,15)/t3-,4-,5-,6+,7-/m1/s1. The first-order valence-electron chi connectivity index (χ1n) is 4.86. The summed E-state index contributed by atoms with van der Waals surface area (Å²) >= 11 is 0. The number of hydrogen-bond acceptors (Lipinski definition) is 8. The van der Waals surface area contributed by atoms with Gasteiger partial charge in [0.15, 0.2) is 0 Å². The first-order valence-corrected chi connectivity index (χ1v) is 6.39. The minimum absolute atomic E-state index is 0.850. The highest BCUT2D eigenvalue weighted by Gasteiger charge is 2.52. The Bertz CT molecular complexity index is 330. The predicted molar refractivity (Wildman–Crippen MR) is 52.9 cm³/mol. The van der Waals surface area contributed by atoms with Gasteiger partial charge in [-0.05, 0) is 0 Å². The van der Waals surface area contributed by atoms with E-state index in [1.807, 2.05) is 0 Å². The lowest BCUT2D eigenvalue weighted by Crippen LogP contribution is -2.66. The number of rotatable bonds is 4. The highest BCUT2D eigenvalue weighted by atomic mass is 31.2. The second-order valence-electron chi connectivity index (χ2n) is 3.87. The summed E-state index contributed by atoms with van der Waals surface area (Å²) in [6, 6.07) is 0. The van der Waals surface area contributed by atoms with Gasteiger partial charge in [0, 0.05) is 0 Å². The molecule has 0 spiro atoms. The van der Waals surface area contributed by atoms with Crippen LogP contribution in [0, 0.1) is 0 Å². The van der Waals surface area contributed by atoms with E-state index in [2.05, 4.69) is 4.52 Å². The van der Waals surface area contributed by atoms with E-state index in [0.717, 1.165) is 0 Å². The topological polar surface area (TPSA) is 177 Å². The molecule has 0 radical (unpaired) electrons. The molecule has 10 nitrogen and oxygen atoms in total. The summed E-state index contributed by atoms with van der Waals surface area (Å²) in [4.78, 5) is 16.9. The average Bonchev–Trinajstić information content (AvgIpc) is 2.28. The summed E-state index contributed by atoms with van der Waals surface area (Å²) in [5, 5.41) is 46.7. The van der Waals surface area contributed by atoms with Crippen molar-refractivity contribution >= 4 is 7.82 Å². The Hall–Kier alpha value is -0.130. The van der Waals surface area contributed by atoms with Gasteiger partial charge in [0.25, 0.3) is 0 Å². The van der Waals surface area contributed by atoms with Crippen LogP contribution >= 0.6 is 7.82 Å². The Morgan fingerprint density at radius 1 is 1.22 bits per heavy atom. The van der Waals surface area contributed by atoms with Gasteiger partial charge < -0.3 is 40.1 Å². The molecule has 18 heavy (non-hydrogen) atoms. The summed E-state index contributed by atoms with van der Waals surface area (Å²) in [5.41, 5.74) is 0. The van der Waals surface area contributed by atoms with Crippen LogP contribution in [-0.2, 0) is 13.8 Å². The molecule has 11 heteroatoms. The lowest BCUT2D eigenvalue weighted by atomic mass is 9.93. The largest absolute Gasteiger partial charge is 0.469 e. The quantitative estimate of drug-likeness (QED) is 0.254. The number of ether oxygens (including phenoxy) is 1. The molecule has 0 aliphatic carbocycles. The lowest BCUT2D eigenvalue weighted by Gasteiger charge is -2.44. The van der Waals surface area contributed by atoms with Crippen LogP contribution in [0.3, 0.4) is 0 Å². The van der Waals surface area contributed by atoms with Crippen molar-refractivity contribution in [2.75, 3.05) is 13.2 Å². The van der Waals surface area contributed by atoms with Gasteiger partial charge in [-0.15, -0.1) is 0 Å². The molecule has 0 saturated carbocycles. The smallest absolute Gasteiger partial charge is 0.391 e. The van der Waals surface area contributed by atoms with Crippen LogP contribution in [0.15, 0.2) is 0 Å². The fourth-order valence-electron chi connectivity index (χ4n) is 1.51. The van der Waals surface area contributed by atoms with Crippen LogP contribution in [0.2, 0.25) is 0 Å². The summed E-state index contributed by atoms with van der Waals surface area (Å²) in [7, 11) is -4.82. The van der Waals surface area contributed by atoms with Crippen LogP contribution in [-0.4, -0.2) is 78.7 Å². The molecule has 1 heterocycles. The van der Waals surface area contributed by atoms with E-state index >= 15 is 0 Å². The second kappa shape index (κ2) is 5.47. The molecule has 1 aliphatic rings. The molecule has 1 saturated heterocycles. The Balaban J connectivity index is 2.77. The first kappa shape index (κ1) is 15.9. The zero-order chi connectivity index (χ0) is 14.1. The molecule has 0 aromatic rings. The second-order valence-corrected chi connectivity index (χ2v) is 5.11. The fourth-order valence-corrected chi connectivity index (χ4v) is 1.85. The van der Waals surface area contributed by atoms with Crippen molar-refractivity contribution in [2.24, 2.45) is 0 Å². The number of hydrogen-bond donors (Lipinski definition) is 7. The number of aliphatic hydroxyl groups excluding tert-OH is 4. The van der Waals surface area contributed by atoms with Gasteiger partial charge in [0.05, 0.1) is 13.2 Å². The van der Waals surface area contributed by atoms with Crippen LogP contribution < -0.4 is 0 Å². The van der Waals surface area contributed by atoms with E-state index in [1.54, 1.807) is 0 Å². The maximum absolute atomic E-state index is 10.5. The lowest BCUT2D eigenvalue weighted by molar-refractivity contribution is -0.357. The zero-order valence-electron chi connectivity index (χ0n) is 9.03. The van der Waals surface area contributed by atoms with Crippen LogP contribution in [0.5, 0.6) is 0 Å². The van der Waals surface area contributed by atoms with Gasteiger partial charge in [-0.1, -0.05) is 0 Å². The molecule has 108 valence electrons. The third-order valence-corrected chi connectivity index (χ3v) is 2.99. The highest BCUT2D eigenvalue weighted by molar-refractivity contribution is 7.46. The van der Waals surface area contributed by atoms with E-state index in [0.29, 0.717) is 0 Å². The number of phosphoric ester groups is 1. The molecule has 7 N–H and O–H groups in total. The Morgan fingerprint density at radius 2 is 1.78 bits per heavy atom. The normalized spacial score (nSPS) is 41.9. The minimum atomic E-state index is -4.82. The predicted octanol–water partition coefficient (Wildman–Crippen LogP) is -3.74. The van der Waals surface area contributed by atoms with Gasteiger partial charge in [-0.2, -0.15) is 0 Å². The molecule has 1 rings (SSSR count). The molecule has 0 bridgehead atoms. The molecule has 0 aromatic heterocycles. The van der Waals surface area contributed by atoms with Crippen LogP contribution in [0.4, 0.5) is 0 Å². The third kappa shape index (κ3) is 3.45. The zero-order valence-corrected chi connectivity index (χ0v) is 9.92. The van der Waals surface area contributed by atoms with Crippen molar-refractivity contribution in [1.29, 1.82) is 0 Å². The van der Waals surface area contributed by atoms with Crippen molar-refractivity contribution < 1.29 is 49.1 Å². The average molecular weight is 290 g/mol. The summed E-state index contributed by atoms with van der Waals surface area (Å²) in [6.45, 7) is -1.94. The van der Waals surface area contributed by atoms with Crippen molar-refractivity contribution in [3.63, 3.8) is 0 Å². The van der Waals surface area contributed by atoms with Gasteiger partial charge in [-0.25, -0.2) is 4.57 Å². The molecule has 1 aliphatic heterocycles. The first-order chi connectivity index (χ1) is 8.10. The van der Waals surface area contributed by atoms with Crippen molar-refractivity contribution in [3.8, 4) is 0 Å². The minimum Gasteiger partial charge on any atom is -0.391 e. The molecular formula is C7H15O10P. The number of aliphatic hydroxyl groups is 5. The molecular weight excluding hydrogens is 275 g/mol. The summed E-state index contributed by atoms with van der Waals surface area (Å²) in [5.74, 6) is -2.55. The molecule has 0 aromatic carbocycles. The van der Waals surface area contributed by atoms with E-state index in [-0.39, 0.29) is 0 Å². The van der Waals surface area contributed by atoms with Gasteiger partial charge >= 0.3 is 7.82 Å². The van der Waals surface area contributed by atoms with Gasteiger partial charge in [-0.3, -0.25) is 4.52 Å². The Labute approximate surface area is 101 Å². The van der Waals surface area contributed by atoms with Crippen molar-refractivity contribution in [2.45, 2.75) is 30.2 Å². The maximum Gasteiger partial charge on any atom is 0.469 e. The summed E-state index contributed by atoms with van der Waals surface area (Å²) < 4.78 is 19.2. The van der Waals surface area contributed by atoms with E-state index in [9.17, 15) is 25.0 Å². The Kier molecular flexibility index (Phi) is 4.84.